The third-order valence-corrected chi connectivity index (χ3v) is 23.7. The van der Waals surface area contributed by atoms with Gasteiger partial charge in [-0.05, 0) is 126 Å². The topological polar surface area (TPSA) is 221 Å². The maximum Gasteiger partial charge on any atom is 0.421 e. The van der Waals surface area contributed by atoms with E-state index < -0.39 is 23.4 Å². The number of nitrogens with zero attached hydrogens (tertiary/aromatic N) is 19. The van der Waals surface area contributed by atoms with Gasteiger partial charge in [0.25, 0.3) is 0 Å². The summed E-state index contributed by atoms with van der Waals surface area (Å²) in [5, 5.41) is 12.4. The van der Waals surface area contributed by atoms with Crippen molar-refractivity contribution in [3.63, 3.8) is 0 Å². The van der Waals surface area contributed by atoms with Gasteiger partial charge in [0, 0.05) is 138 Å². The number of benzene rings is 4. The molecular weight excluding hydrogens is 1550 g/mol. The number of likely N-dealkylation sites (tertiary alicyclic amines) is 2. The molecule has 0 saturated carbocycles. The molecule has 8 aliphatic heterocycles. The third-order valence-electron chi connectivity index (χ3n) is 23.4. The number of phenolic OH excluding ortho intramolecular Hbond substituents is 1. The van der Waals surface area contributed by atoms with Crippen molar-refractivity contribution in [1.82, 2.24) is 54.4 Å². The summed E-state index contributed by atoms with van der Waals surface area (Å²) in [4.78, 5) is 94.8. The molecule has 1 N–H and O–H groups in total. The predicted octanol–water partition coefficient (Wildman–Crippen LogP) is 11.9. The highest BCUT2D eigenvalue weighted by Crippen LogP contribution is 2.43. The number of hydrogen-bond donors (Lipinski definition) is 1. The van der Waals surface area contributed by atoms with Gasteiger partial charge < -0.3 is 82.9 Å². The number of phenols is 1. The fourth-order valence-corrected chi connectivity index (χ4v) is 17.3. The SMILES string of the molecule is C=CC(=O)N1CCN(c2nc(OCCCN3CCCCC3)nc3c2CCN(c2cc(O)cc(Cl)c2F)C3)CC1.[C-]#[N+]CC1CN(c2nc(OCCCC)nc3c2CCN(c2cccc4ccccc24)C3)CCN1C(=O)C=C.[C-]#[N+]CC1CN(c2nc(OC[C@@H]3CCCN3C)nc3c2CCN(c2cccc(F)c2C(F)(F)F)C3)CCN1C(=O)C=C. The lowest BCUT2D eigenvalue weighted by Crippen LogP contribution is -2.56. The number of ether oxygens (including phenoxy) is 3. The van der Waals surface area contributed by atoms with Crippen LogP contribution >= 0.6 is 11.6 Å². The molecule has 11 heterocycles. The summed E-state index contributed by atoms with van der Waals surface area (Å²) in [5.41, 5.74) is 5.06. The number of likely N-dealkylation sites (N-methyl/N-ethyl adjacent to an activating group) is 1. The van der Waals surface area contributed by atoms with E-state index >= 15 is 0 Å². The number of fused-ring (bicyclic) bond motifs is 4. The number of piperidine rings is 1. The molecule has 119 heavy (non-hydrogen) atoms. The van der Waals surface area contributed by atoms with Crippen LogP contribution in [0, 0.1) is 24.8 Å². The smallest absolute Gasteiger partial charge is 0.421 e. The summed E-state index contributed by atoms with van der Waals surface area (Å²) in [6, 6.07) is 21.3. The summed E-state index contributed by atoms with van der Waals surface area (Å²) in [5.74, 6) is -0.145. The van der Waals surface area contributed by atoms with Crippen LogP contribution in [0.15, 0.2) is 111 Å². The summed E-state index contributed by atoms with van der Waals surface area (Å²) in [7, 11) is 2.02. The third kappa shape index (κ3) is 20.4. The van der Waals surface area contributed by atoms with Crippen LogP contribution in [0.5, 0.6) is 23.8 Å². The molecule has 4 aromatic carbocycles. The highest BCUT2D eigenvalue weighted by molar-refractivity contribution is 6.31. The van der Waals surface area contributed by atoms with Gasteiger partial charge in [0.2, 0.25) is 30.8 Å². The lowest BCUT2D eigenvalue weighted by molar-refractivity contribution is -0.139. The van der Waals surface area contributed by atoms with Crippen LogP contribution < -0.4 is 43.6 Å². The summed E-state index contributed by atoms with van der Waals surface area (Å²) in [6.07, 6.45) is 9.49. The van der Waals surface area contributed by atoms with Gasteiger partial charge in [-0.1, -0.05) is 93.6 Å². The largest absolute Gasteiger partial charge is 0.508 e. The average molecular weight is 1660 g/mol. The number of piperazine rings is 3. The first kappa shape index (κ1) is 85.7. The fraction of sp³-hybridized carbons (Fsp3) is 0.483. The zero-order valence-corrected chi connectivity index (χ0v) is 68.4. The average Bonchev–Trinajstić information content (AvgIpc) is 0.812. The predicted molar refractivity (Wildman–Crippen MR) is 448 cm³/mol. The van der Waals surface area contributed by atoms with Crippen molar-refractivity contribution in [3.05, 3.63) is 190 Å². The Labute approximate surface area is 696 Å². The van der Waals surface area contributed by atoms with Gasteiger partial charge in [-0.3, -0.25) is 14.4 Å². The zero-order valence-electron chi connectivity index (χ0n) is 67.6. The number of carbonyl (C=O) groups is 3. The number of halogens is 6. The zero-order chi connectivity index (χ0) is 83.9. The molecule has 5 fully saturated rings. The quantitative estimate of drug-likeness (QED) is 0.0272. The Morgan fingerprint density at radius 3 is 1.61 bits per heavy atom. The van der Waals surface area contributed by atoms with Gasteiger partial charge in [-0.25, -0.2) is 21.9 Å². The molecule has 630 valence electrons. The first-order valence-corrected chi connectivity index (χ1v) is 41.5. The van der Waals surface area contributed by atoms with Crippen molar-refractivity contribution < 1.29 is 55.7 Å². The van der Waals surface area contributed by atoms with Crippen LogP contribution in [0.25, 0.3) is 20.5 Å². The molecular formula is C87H103ClF5N19O7. The molecule has 0 bridgehead atoms. The highest BCUT2D eigenvalue weighted by Gasteiger charge is 2.42. The molecule has 3 amide bonds. The maximum atomic E-state index is 14.9. The number of aromatic nitrogens is 6. The molecule has 0 radical (unpaired) electrons. The Morgan fingerprint density at radius 2 is 1.07 bits per heavy atom. The van der Waals surface area contributed by atoms with E-state index in [1.54, 1.807) is 14.7 Å². The Morgan fingerprint density at radius 1 is 0.563 bits per heavy atom. The number of carbonyl (C=O) groups excluding carboxylic acids is 3. The molecule has 0 spiro atoms. The molecule has 3 atom stereocenters. The molecule has 2 unspecified atom stereocenters. The van der Waals surface area contributed by atoms with Crippen LogP contribution in [0.4, 0.5) is 56.5 Å². The van der Waals surface area contributed by atoms with E-state index in [4.69, 9.17) is 63.9 Å². The Bertz CT molecular complexity index is 4900. The van der Waals surface area contributed by atoms with Crippen LogP contribution in [0.1, 0.15) is 97.6 Å². The number of aromatic hydroxyl groups is 1. The molecule has 3 aromatic heterocycles. The van der Waals surface area contributed by atoms with Crippen molar-refractivity contribution in [2.24, 2.45) is 0 Å². The van der Waals surface area contributed by atoms with E-state index in [9.17, 15) is 41.4 Å². The number of unbranched alkanes of at least 4 members (excludes halogenated alkanes) is 1. The van der Waals surface area contributed by atoms with Crippen molar-refractivity contribution in [2.45, 2.75) is 121 Å². The van der Waals surface area contributed by atoms with Crippen molar-refractivity contribution in [2.75, 3.05) is 181 Å². The number of hydrogen-bond acceptors (Lipinski definition) is 21. The van der Waals surface area contributed by atoms with Gasteiger partial charge in [-0.2, -0.15) is 43.1 Å². The molecule has 8 aliphatic rings. The summed E-state index contributed by atoms with van der Waals surface area (Å²) < 4.78 is 89.0. The molecule has 0 aliphatic carbocycles. The van der Waals surface area contributed by atoms with Crippen molar-refractivity contribution in [1.29, 1.82) is 0 Å². The minimum atomic E-state index is -4.86. The molecule has 5 saturated heterocycles. The normalized spacial score (nSPS) is 18.9. The Kier molecular flexibility index (Phi) is 28.5. The second-order valence-electron chi connectivity index (χ2n) is 30.9. The van der Waals surface area contributed by atoms with Gasteiger partial charge in [-0.15, -0.1) is 0 Å². The number of amides is 3. The molecule has 15 rings (SSSR count). The van der Waals surface area contributed by atoms with Crippen LogP contribution in [-0.2, 0) is 59.5 Å². The number of anilines is 6. The first-order valence-electron chi connectivity index (χ1n) is 41.1. The van der Waals surface area contributed by atoms with Crippen molar-refractivity contribution in [3.8, 4) is 23.8 Å². The van der Waals surface area contributed by atoms with E-state index in [1.807, 2.05) is 16.8 Å². The van der Waals surface area contributed by atoms with Crippen molar-refractivity contribution >= 4 is 74.6 Å². The fourth-order valence-electron chi connectivity index (χ4n) is 17.1. The van der Waals surface area contributed by atoms with Gasteiger partial charge in [0.1, 0.15) is 53.3 Å². The van der Waals surface area contributed by atoms with Crippen LogP contribution in [0.3, 0.4) is 0 Å². The van der Waals surface area contributed by atoms with E-state index in [0.717, 1.165) is 117 Å². The van der Waals surface area contributed by atoms with Gasteiger partial charge in [0.05, 0.1) is 66.3 Å². The monoisotopic (exact) mass is 1660 g/mol. The van der Waals surface area contributed by atoms with Gasteiger partial charge >= 0.3 is 24.2 Å². The summed E-state index contributed by atoms with van der Waals surface area (Å²) >= 11 is 6.01. The molecule has 7 aromatic rings. The van der Waals surface area contributed by atoms with E-state index in [1.165, 1.54) is 83.1 Å². The Hall–Kier alpha value is -11.2. The number of rotatable bonds is 23. The minimum absolute atomic E-state index is 0.0114. The second kappa shape index (κ2) is 39.6. The molecule has 32 heteroatoms. The second-order valence-corrected chi connectivity index (χ2v) is 31.3. The van der Waals surface area contributed by atoms with Gasteiger partial charge in [0.15, 0.2) is 5.82 Å². The molecule has 26 nitrogen and oxygen atoms in total. The lowest BCUT2D eigenvalue weighted by atomic mass is 10.0. The van der Waals surface area contributed by atoms with Crippen LogP contribution in [0.2, 0.25) is 5.02 Å². The first-order chi connectivity index (χ1) is 57.6. The lowest BCUT2D eigenvalue weighted by Gasteiger charge is -2.41. The standard InChI is InChI=1S/C30H34N6O2.C29H33F4N7O2.C28H36ClFN6O3/c1-4-6-18-38-30-32-26-21-34(27-13-9-11-22-10-7-8-12-24(22)27)15-14-25(26)29(33-30)35-16-17-36(28(37)5-2)23(20-35)19-31-3;1-4-25(41)40-14-13-39(16-20(40)15-34-2)27-21-10-12-38(24-9-5-8-22(30)26(24)29(31,32)33)17-23(21)35-28(36-27)42-18-19-7-6-11-37(19)3;1-2-25(38)34-12-14-35(15-13-34)27-21-7-11-36(24-18-20(37)17-22(29)26(24)30)19-23(21)31-28(32-27)39-16-6-10-33-8-4-3-5-9-33/h5,7-13,23H,2,4,6,14-21H2,1H3;4-5,8-9,19-20H,1,6-7,10-18H2,3H3;2,17-18,37H,1,3-16,19H2/t;19-,20?;/m.0./s1. The maximum absolute atomic E-state index is 14.9. The minimum Gasteiger partial charge on any atom is -0.508 e. The highest BCUT2D eigenvalue weighted by atomic mass is 35.5. The summed E-state index contributed by atoms with van der Waals surface area (Å²) in [6.45, 7) is 41.7. The van der Waals surface area contributed by atoms with E-state index in [2.05, 4.69) is 108 Å². The Balaban J connectivity index is 0.000000155. The number of alkyl halides is 3. The van der Waals surface area contributed by atoms with Crippen LogP contribution in [-0.4, -0.2) is 247 Å². The van der Waals surface area contributed by atoms with E-state index in [0.29, 0.717) is 141 Å². The van der Waals surface area contributed by atoms with E-state index in [-0.39, 0.29) is 90.2 Å².